The minimum Gasteiger partial charge on any atom is -0.491 e. The Kier molecular flexibility index (Phi) is 3.30. The number of hydrogen-bond donors (Lipinski definition) is 0. The molecule has 4 heteroatoms. The molecule has 2 heterocycles. The van der Waals surface area contributed by atoms with Crippen LogP contribution in [-0.2, 0) is 6.54 Å². The van der Waals surface area contributed by atoms with Gasteiger partial charge in [-0.15, -0.1) is 0 Å². The van der Waals surface area contributed by atoms with Gasteiger partial charge in [-0.1, -0.05) is 17.7 Å². The Morgan fingerprint density at radius 2 is 2.16 bits per heavy atom. The normalized spacial score (nSPS) is 14.5. The number of benzene rings is 1. The Morgan fingerprint density at radius 3 is 3.00 bits per heavy atom. The van der Waals surface area contributed by atoms with Crippen LogP contribution in [0.15, 0.2) is 36.4 Å². The molecule has 0 amide bonds. The van der Waals surface area contributed by atoms with Crippen molar-refractivity contribution in [3.05, 3.63) is 52.7 Å². The standard InChI is InChI=1S/C15H15ClN2O/c1-11-3-2-4-15(17-11)18-7-8-19-14-6-5-13(16)9-12(14)10-18/h2-6,9H,7-8,10H2,1H3. The Hall–Kier alpha value is -1.74. The van der Waals surface area contributed by atoms with Gasteiger partial charge < -0.3 is 9.64 Å². The molecule has 98 valence electrons. The second-order valence-corrected chi connectivity index (χ2v) is 5.10. The third kappa shape index (κ3) is 2.66. The summed E-state index contributed by atoms with van der Waals surface area (Å²) in [6.45, 7) is 4.25. The van der Waals surface area contributed by atoms with Gasteiger partial charge >= 0.3 is 0 Å². The van der Waals surface area contributed by atoms with E-state index in [-0.39, 0.29) is 0 Å². The monoisotopic (exact) mass is 274 g/mol. The summed E-state index contributed by atoms with van der Waals surface area (Å²) in [6.07, 6.45) is 0. The highest BCUT2D eigenvalue weighted by atomic mass is 35.5. The maximum atomic E-state index is 6.06. The van der Waals surface area contributed by atoms with Crippen molar-refractivity contribution in [1.82, 2.24) is 4.98 Å². The molecule has 0 unspecified atom stereocenters. The zero-order valence-electron chi connectivity index (χ0n) is 10.8. The molecule has 0 N–H and O–H groups in total. The predicted octanol–water partition coefficient (Wildman–Crippen LogP) is 3.44. The van der Waals surface area contributed by atoms with Gasteiger partial charge in [-0.3, -0.25) is 0 Å². The summed E-state index contributed by atoms with van der Waals surface area (Å²) < 4.78 is 5.76. The predicted molar refractivity (Wildman–Crippen MR) is 77.0 cm³/mol. The van der Waals surface area contributed by atoms with Crippen molar-refractivity contribution in [3.8, 4) is 5.75 Å². The third-order valence-electron chi connectivity index (χ3n) is 3.20. The molecule has 0 radical (unpaired) electrons. The number of pyridine rings is 1. The maximum absolute atomic E-state index is 6.06. The summed E-state index contributed by atoms with van der Waals surface area (Å²) in [7, 11) is 0. The first-order valence-corrected chi connectivity index (χ1v) is 6.70. The van der Waals surface area contributed by atoms with Gasteiger partial charge in [-0.25, -0.2) is 4.98 Å². The maximum Gasteiger partial charge on any atom is 0.129 e. The average Bonchev–Trinajstić information content (AvgIpc) is 2.60. The van der Waals surface area contributed by atoms with Crippen LogP contribution < -0.4 is 9.64 Å². The molecule has 0 atom stereocenters. The van der Waals surface area contributed by atoms with E-state index in [1.807, 2.05) is 43.3 Å². The molecule has 1 aliphatic rings. The first-order chi connectivity index (χ1) is 9.22. The van der Waals surface area contributed by atoms with Crippen LogP contribution in [0.4, 0.5) is 5.82 Å². The Balaban J connectivity index is 1.93. The number of nitrogens with zero attached hydrogens (tertiary/aromatic N) is 2. The largest absolute Gasteiger partial charge is 0.491 e. The van der Waals surface area contributed by atoms with Gasteiger partial charge in [0.05, 0.1) is 6.54 Å². The zero-order chi connectivity index (χ0) is 13.2. The first-order valence-electron chi connectivity index (χ1n) is 6.32. The van der Waals surface area contributed by atoms with E-state index in [2.05, 4.69) is 9.88 Å². The molecule has 19 heavy (non-hydrogen) atoms. The quantitative estimate of drug-likeness (QED) is 0.796. The smallest absolute Gasteiger partial charge is 0.129 e. The molecule has 0 fully saturated rings. The number of halogens is 1. The number of hydrogen-bond acceptors (Lipinski definition) is 3. The molecule has 0 saturated carbocycles. The van der Waals surface area contributed by atoms with Crippen molar-refractivity contribution >= 4 is 17.4 Å². The summed E-state index contributed by atoms with van der Waals surface area (Å²) >= 11 is 6.06. The van der Waals surface area contributed by atoms with Crippen molar-refractivity contribution in [3.63, 3.8) is 0 Å². The fraction of sp³-hybridized carbons (Fsp3) is 0.267. The van der Waals surface area contributed by atoms with Gasteiger partial charge in [0.15, 0.2) is 0 Å². The van der Waals surface area contributed by atoms with Gasteiger partial charge in [0.1, 0.15) is 18.2 Å². The molecular weight excluding hydrogens is 260 g/mol. The van der Waals surface area contributed by atoms with Gasteiger partial charge in [0, 0.05) is 22.8 Å². The fourth-order valence-corrected chi connectivity index (χ4v) is 2.46. The Bertz CT molecular complexity index is 600. The van der Waals surface area contributed by atoms with E-state index in [0.717, 1.165) is 40.9 Å². The summed E-state index contributed by atoms with van der Waals surface area (Å²) in [5.74, 6) is 1.90. The summed E-state index contributed by atoms with van der Waals surface area (Å²) in [5.41, 5.74) is 2.13. The molecule has 1 aromatic carbocycles. The van der Waals surface area contributed by atoms with Crippen LogP contribution in [0.5, 0.6) is 5.75 Å². The molecule has 2 aromatic rings. The van der Waals surface area contributed by atoms with E-state index in [1.165, 1.54) is 0 Å². The van der Waals surface area contributed by atoms with E-state index in [4.69, 9.17) is 16.3 Å². The molecule has 0 aliphatic carbocycles. The molecule has 3 rings (SSSR count). The molecular formula is C15H15ClN2O. The molecule has 1 aliphatic heterocycles. The van der Waals surface area contributed by atoms with E-state index in [0.29, 0.717) is 6.61 Å². The van der Waals surface area contributed by atoms with Crippen LogP contribution >= 0.6 is 11.6 Å². The number of aryl methyl sites for hydroxylation is 1. The van der Waals surface area contributed by atoms with Crippen LogP contribution in [0, 0.1) is 6.92 Å². The number of fused-ring (bicyclic) bond motifs is 1. The highest BCUT2D eigenvalue weighted by Crippen LogP contribution is 2.28. The number of anilines is 1. The van der Waals surface area contributed by atoms with Crippen LogP contribution in [0.2, 0.25) is 5.02 Å². The summed E-state index contributed by atoms with van der Waals surface area (Å²) in [6, 6.07) is 11.8. The van der Waals surface area contributed by atoms with Crippen molar-refractivity contribution in [1.29, 1.82) is 0 Å². The van der Waals surface area contributed by atoms with Crippen molar-refractivity contribution in [2.24, 2.45) is 0 Å². The SMILES string of the molecule is Cc1cccc(N2CCOc3ccc(Cl)cc3C2)n1. The molecule has 3 nitrogen and oxygen atoms in total. The molecule has 0 spiro atoms. The lowest BCUT2D eigenvalue weighted by molar-refractivity contribution is 0.331. The zero-order valence-corrected chi connectivity index (χ0v) is 11.5. The summed E-state index contributed by atoms with van der Waals surface area (Å²) in [4.78, 5) is 6.79. The van der Waals surface area contributed by atoms with Crippen molar-refractivity contribution in [2.75, 3.05) is 18.1 Å². The van der Waals surface area contributed by atoms with Crippen molar-refractivity contribution in [2.45, 2.75) is 13.5 Å². The average molecular weight is 275 g/mol. The van der Waals surface area contributed by atoms with Crippen molar-refractivity contribution < 1.29 is 4.74 Å². The van der Waals surface area contributed by atoms with Crippen LogP contribution in [0.1, 0.15) is 11.3 Å². The first kappa shape index (κ1) is 12.3. The third-order valence-corrected chi connectivity index (χ3v) is 3.44. The van der Waals surface area contributed by atoms with E-state index >= 15 is 0 Å². The molecule has 1 aromatic heterocycles. The topological polar surface area (TPSA) is 25.4 Å². The highest BCUT2D eigenvalue weighted by Gasteiger charge is 2.16. The van der Waals surface area contributed by atoms with Gasteiger partial charge in [-0.2, -0.15) is 0 Å². The van der Waals surface area contributed by atoms with Crippen LogP contribution in [0.25, 0.3) is 0 Å². The lowest BCUT2D eigenvalue weighted by Crippen LogP contribution is -2.26. The van der Waals surface area contributed by atoms with Gasteiger partial charge in [-0.05, 0) is 37.3 Å². The second kappa shape index (κ2) is 5.10. The minimum atomic E-state index is 0.657. The Labute approximate surface area is 117 Å². The lowest BCUT2D eigenvalue weighted by Gasteiger charge is -2.21. The highest BCUT2D eigenvalue weighted by molar-refractivity contribution is 6.30. The van der Waals surface area contributed by atoms with E-state index in [1.54, 1.807) is 0 Å². The van der Waals surface area contributed by atoms with E-state index < -0.39 is 0 Å². The van der Waals surface area contributed by atoms with Gasteiger partial charge in [0.25, 0.3) is 0 Å². The van der Waals surface area contributed by atoms with E-state index in [9.17, 15) is 0 Å². The number of ether oxygens (including phenoxy) is 1. The fourth-order valence-electron chi connectivity index (χ4n) is 2.26. The minimum absolute atomic E-state index is 0.657. The van der Waals surface area contributed by atoms with Crippen LogP contribution in [-0.4, -0.2) is 18.1 Å². The Morgan fingerprint density at radius 1 is 1.26 bits per heavy atom. The van der Waals surface area contributed by atoms with Crippen LogP contribution in [0.3, 0.4) is 0 Å². The molecule has 0 saturated heterocycles. The molecule has 0 bridgehead atoms. The number of aromatic nitrogens is 1. The number of rotatable bonds is 1. The summed E-state index contributed by atoms with van der Waals surface area (Å²) in [5, 5.41) is 0.737. The lowest BCUT2D eigenvalue weighted by atomic mass is 10.2. The second-order valence-electron chi connectivity index (χ2n) is 4.66. The van der Waals surface area contributed by atoms with Gasteiger partial charge in [0.2, 0.25) is 0 Å².